The summed E-state index contributed by atoms with van der Waals surface area (Å²) >= 11 is 0. The van der Waals surface area contributed by atoms with Gasteiger partial charge in [0, 0.05) is 37.1 Å². The second-order valence-electron chi connectivity index (χ2n) is 5.98. The quantitative estimate of drug-likeness (QED) is 0.779. The molecular formula is C18H16FN3O3. The highest BCUT2D eigenvalue weighted by molar-refractivity contribution is 5.98. The third-order valence-electron chi connectivity index (χ3n) is 4.40. The Hall–Kier alpha value is -3.09. The van der Waals surface area contributed by atoms with Crippen LogP contribution in [0.4, 0.5) is 4.39 Å². The average Bonchev–Trinajstić information content (AvgIpc) is 3.30. The minimum Gasteiger partial charge on any atom is -0.459 e. The molecule has 0 aliphatic carbocycles. The largest absolute Gasteiger partial charge is 0.459 e. The van der Waals surface area contributed by atoms with E-state index in [1.807, 2.05) is 0 Å². The van der Waals surface area contributed by atoms with Crippen molar-refractivity contribution in [3.05, 3.63) is 59.9 Å². The van der Waals surface area contributed by atoms with Crippen LogP contribution in [0.15, 0.2) is 47.1 Å². The summed E-state index contributed by atoms with van der Waals surface area (Å²) in [6, 6.07) is 9.39. The fraction of sp³-hybridized carbons (Fsp3) is 0.222. The number of nitrogens with zero attached hydrogens (tertiary/aromatic N) is 2. The molecule has 3 aromatic rings. The zero-order chi connectivity index (χ0) is 17.4. The van der Waals surface area contributed by atoms with Gasteiger partial charge in [0.1, 0.15) is 11.5 Å². The predicted octanol–water partition coefficient (Wildman–Crippen LogP) is 2.50. The van der Waals surface area contributed by atoms with Gasteiger partial charge >= 0.3 is 0 Å². The van der Waals surface area contributed by atoms with Crippen LogP contribution in [0.3, 0.4) is 0 Å². The summed E-state index contributed by atoms with van der Waals surface area (Å²) in [5.74, 6) is -0.365. The molecule has 0 spiro atoms. The van der Waals surface area contributed by atoms with E-state index in [2.05, 4.69) is 4.98 Å². The molecule has 0 unspecified atom stereocenters. The molecular weight excluding hydrogens is 325 g/mol. The first-order chi connectivity index (χ1) is 12.1. The normalized spacial score (nSPS) is 14.9. The maximum Gasteiger partial charge on any atom is 0.289 e. The SMILES string of the molecule is O=C(c1cc2ccc(F)cc2[nH]1)N1CCN(C(=O)c2ccco2)CC1. The molecule has 0 radical (unpaired) electrons. The molecule has 2 amide bonds. The standard InChI is InChI=1S/C18H16FN3O3/c19-13-4-3-12-10-15(20-14(12)11-13)17(23)21-5-7-22(8-6-21)18(24)16-2-1-9-25-16/h1-4,9-11,20H,5-8H2. The molecule has 1 aromatic carbocycles. The number of aromatic amines is 1. The van der Waals surface area contributed by atoms with Crippen LogP contribution in [0, 0.1) is 5.82 Å². The molecule has 1 N–H and O–H groups in total. The minimum atomic E-state index is -0.349. The summed E-state index contributed by atoms with van der Waals surface area (Å²) in [6.07, 6.45) is 1.46. The Balaban J connectivity index is 1.44. The molecule has 0 bridgehead atoms. The van der Waals surface area contributed by atoms with E-state index < -0.39 is 0 Å². The molecule has 1 fully saturated rings. The third kappa shape index (κ3) is 2.88. The van der Waals surface area contributed by atoms with Gasteiger partial charge in [0.2, 0.25) is 0 Å². The van der Waals surface area contributed by atoms with Gasteiger partial charge in [0.15, 0.2) is 5.76 Å². The van der Waals surface area contributed by atoms with Gasteiger partial charge in [-0.1, -0.05) is 0 Å². The van der Waals surface area contributed by atoms with E-state index in [9.17, 15) is 14.0 Å². The van der Waals surface area contributed by atoms with Gasteiger partial charge in [-0.15, -0.1) is 0 Å². The fourth-order valence-electron chi connectivity index (χ4n) is 3.05. The summed E-state index contributed by atoms with van der Waals surface area (Å²) in [6.45, 7) is 1.77. The average molecular weight is 341 g/mol. The Morgan fingerprint density at radius 2 is 1.72 bits per heavy atom. The highest BCUT2D eigenvalue weighted by Gasteiger charge is 2.27. The first kappa shape index (κ1) is 15.4. The number of amides is 2. The Labute approximate surface area is 142 Å². The second-order valence-corrected chi connectivity index (χ2v) is 5.98. The van der Waals surface area contributed by atoms with E-state index in [1.54, 1.807) is 34.1 Å². The first-order valence-electron chi connectivity index (χ1n) is 8.02. The third-order valence-corrected chi connectivity index (χ3v) is 4.40. The van der Waals surface area contributed by atoms with Gasteiger partial charge in [0.25, 0.3) is 11.8 Å². The van der Waals surface area contributed by atoms with Gasteiger partial charge in [-0.05, 0) is 36.4 Å². The summed E-state index contributed by atoms with van der Waals surface area (Å²) < 4.78 is 18.4. The van der Waals surface area contributed by atoms with Crippen molar-refractivity contribution in [1.82, 2.24) is 14.8 Å². The summed E-state index contributed by atoms with van der Waals surface area (Å²) in [4.78, 5) is 31.2. The predicted molar refractivity (Wildman–Crippen MR) is 88.8 cm³/mol. The van der Waals surface area contributed by atoms with Crippen molar-refractivity contribution >= 4 is 22.7 Å². The van der Waals surface area contributed by atoms with Crippen molar-refractivity contribution in [1.29, 1.82) is 0 Å². The van der Waals surface area contributed by atoms with Gasteiger partial charge < -0.3 is 19.2 Å². The fourth-order valence-corrected chi connectivity index (χ4v) is 3.05. The highest BCUT2D eigenvalue weighted by Crippen LogP contribution is 2.18. The first-order valence-corrected chi connectivity index (χ1v) is 8.02. The number of carbonyl (C=O) groups excluding carboxylic acids is 2. The summed E-state index contributed by atoms with van der Waals surface area (Å²) in [7, 11) is 0. The molecule has 7 heteroatoms. The van der Waals surface area contributed by atoms with Crippen LogP contribution in [0.25, 0.3) is 10.9 Å². The van der Waals surface area contributed by atoms with Gasteiger partial charge in [-0.25, -0.2) is 4.39 Å². The highest BCUT2D eigenvalue weighted by atomic mass is 19.1. The Morgan fingerprint density at radius 1 is 1.00 bits per heavy atom. The van der Waals surface area contributed by atoms with Crippen LogP contribution in [-0.2, 0) is 0 Å². The van der Waals surface area contributed by atoms with Gasteiger partial charge in [-0.3, -0.25) is 9.59 Å². The van der Waals surface area contributed by atoms with E-state index in [0.29, 0.717) is 43.1 Å². The Kier molecular flexibility index (Phi) is 3.76. The van der Waals surface area contributed by atoms with Crippen LogP contribution >= 0.6 is 0 Å². The van der Waals surface area contributed by atoms with Gasteiger partial charge in [-0.2, -0.15) is 0 Å². The number of benzene rings is 1. The molecule has 2 aromatic heterocycles. The lowest BCUT2D eigenvalue weighted by Gasteiger charge is -2.34. The van der Waals surface area contributed by atoms with Crippen molar-refractivity contribution in [2.75, 3.05) is 26.2 Å². The van der Waals surface area contributed by atoms with Crippen LogP contribution in [0.5, 0.6) is 0 Å². The van der Waals surface area contributed by atoms with Crippen LogP contribution < -0.4 is 0 Å². The number of carbonyl (C=O) groups is 2. The molecule has 1 saturated heterocycles. The summed E-state index contributed by atoms with van der Waals surface area (Å²) in [5.41, 5.74) is 1.02. The molecule has 3 heterocycles. The molecule has 128 valence electrons. The maximum absolute atomic E-state index is 13.3. The van der Waals surface area contributed by atoms with Crippen molar-refractivity contribution in [2.45, 2.75) is 0 Å². The lowest BCUT2D eigenvalue weighted by atomic mass is 10.2. The number of halogens is 1. The monoisotopic (exact) mass is 341 g/mol. The Morgan fingerprint density at radius 3 is 2.40 bits per heavy atom. The Bertz CT molecular complexity index is 924. The number of fused-ring (bicyclic) bond motifs is 1. The zero-order valence-electron chi connectivity index (χ0n) is 13.4. The minimum absolute atomic E-state index is 0.151. The zero-order valence-corrected chi connectivity index (χ0v) is 13.4. The van der Waals surface area contributed by atoms with E-state index >= 15 is 0 Å². The molecule has 4 rings (SSSR count). The van der Waals surface area contributed by atoms with Crippen molar-refractivity contribution in [3.63, 3.8) is 0 Å². The topological polar surface area (TPSA) is 69.6 Å². The lowest BCUT2D eigenvalue weighted by molar-refractivity contribution is 0.0516. The molecule has 25 heavy (non-hydrogen) atoms. The molecule has 6 nitrogen and oxygen atoms in total. The van der Waals surface area contributed by atoms with E-state index in [4.69, 9.17) is 4.42 Å². The molecule has 1 aliphatic rings. The maximum atomic E-state index is 13.3. The van der Waals surface area contributed by atoms with E-state index in [1.165, 1.54) is 18.4 Å². The van der Waals surface area contributed by atoms with Crippen molar-refractivity contribution in [2.24, 2.45) is 0 Å². The van der Waals surface area contributed by atoms with E-state index in [0.717, 1.165) is 5.39 Å². The lowest BCUT2D eigenvalue weighted by Crippen LogP contribution is -2.50. The van der Waals surface area contributed by atoms with Crippen molar-refractivity contribution in [3.8, 4) is 0 Å². The van der Waals surface area contributed by atoms with E-state index in [-0.39, 0.29) is 17.6 Å². The number of aromatic nitrogens is 1. The van der Waals surface area contributed by atoms with Crippen LogP contribution in [-0.4, -0.2) is 52.8 Å². The molecule has 1 aliphatic heterocycles. The molecule has 0 saturated carbocycles. The van der Waals surface area contributed by atoms with Crippen molar-refractivity contribution < 1.29 is 18.4 Å². The summed E-state index contributed by atoms with van der Waals surface area (Å²) in [5, 5.41) is 0.788. The van der Waals surface area contributed by atoms with Gasteiger partial charge in [0.05, 0.1) is 6.26 Å². The number of H-pyrrole nitrogens is 1. The number of hydrogen-bond acceptors (Lipinski definition) is 3. The number of piperazine rings is 1. The van der Waals surface area contributed by atoms with Crippen LogP contribution in [0.2, 0.25) is 0 Å². The number of furan rings is 1. The van der Waals surface area contributed by atoms with Crippen LogP contribution in [0.1, 0.15) is 21.0 Å². The number of hydrogen-bond donors (Lipinski definition) is 1. The second kappa shape index (κ2) is 6.08. The smallest absolute Gasteiger partial charge is 0.289 e. The molecule has 0 atom stereocenters. The number of rotatable bonds is 2. The number of nitrogens with one attached hydrogen (secondary N) is 1.